The molecule has 0 unspecified atom stereocenters. The molecule has 0 spiro atoms. The monoisotopic (exact) mass is 944 g/mol. The lowest BCUT2D eigenvalue weighted by Gasteiger charge is -2.34. The molecule has 1 heteroatoms. The first-order valence-electron chi connectivity index (χ1n) is 26.3. The highest BCUT2D eigenvalue weighted by Crippen LogP contribution is 2.58. The van der Waals surface area contributed by atoms with Crippen molar-refractivity contribution in [3.05, 3.63) is 293 Å². The molecule has 3 aliphatic carbocycles. The quantitative estimate of drug-likeness (QED) is 0.158. The standard InChI is InChI=1S/C73H53N/c1-71(2)64-32-18-15-29-56(64)59-39-36-49(42-67(59)71)74(50-37-40-60-57-30-16-19-33-65(57)72(3,4)68(60)43-50)70-45-69-63(58-31-17-20-34-66(58)73(69,47-21-7-5-8-22-47)48-23-9-6-10-24-48)44-61(70)46-35-38-55-53-27-12-11-25-51(53)52-26-13-14-28-54(52)62(55)41-46/h5-45H,1-4H3/p+1. The highest BCUT2D eigenvalue weighted by Gasteiger charge is 2.48. The minimum Gasteiger partial charge on any atom is -0.237 e. The Bertz CT molecular complexity index is 4130. The predicted octanol–water partition coefficient (Wildman–Crippen LogP) is 18.0. The molecule has 0 heterocycles. The van der Waals surface area contributed by atoms with Crippen LogP contribution in [0, 0.1) is 0 Å². The lowest BCUT2D eigenvalue weighted by Crippen LogP contribution is -2.97. The molecule has 0 amide bonds. The van der Waals surface area contributed by atoms with Gasteiger partial charge >= 0.3 is 0 Å². The second-order valence-corrected chi connectivity index (χ2v) is 22.1. The van der Waals surface area contributed by atoms with E-state index in [0.717, 1.165) is 0 Å². The van der Waals surface area contributed by atoms with Crippen LogP contribution in [0.3, 0.4) is 0 Å². The molecule has 0 aromatic heterocycles. The summed E-state index contributed by atoms with van der Waals surface area (Å²) in [6.45, 7) is 9.63. The Morgan fingerprint density at radius 3 is 1.18 bits per heavy atom. The van der Waals surface area contributed by atoms with E-state index < -0.39 is 5.41 Å². The van der Waals surface area contributed by atoms with Gasteiger partial charge < -0.3 is 0 Å². The van der Waals surface area contributed by atoms with Gasteiger partial charge in [0, 0.05) is 46.7 Å². The second-order valence-electron chi connectivity index (χ2n) is 22.1. The van der Waals surface area contributed by atoms with Gasteiger partial charge in [-0.1, -0.05) is 222 Å². The minimum absolute atomic E-state index is 0.186. The normalized spacial score (nSPS) is 14.9. The van der Waals surface area contributed by atoms with Crippen LogP contribution in [-0.4, -0.2) is 0 Å². The van der Waals surface area contributed by atoms with Crippen molar-refractivity contribution < 1.29 is 4.90 Å². The summed E-state index contributed by atoms with van der Waals surface area (Å²) >= 11 is 0. The van der Waals surface area contributed by atoms with E-state index in [2.05, 4.69) is 276 Å². The fourth-order valence-electron chi connectivity index (χ4n) is 14.2. The van der Waals surface area contributed by atoms with Crippen molar-refractivity contribution in [1.82, 2.24) is 0 Å². The highest BCUT2D eigenvalue weighted by molar-refractivity contribution is 6.25. The van der Waals surface area contributed by atoms with Crippen LogP contribution >= 0.6 is 0 Å². The van der Waals surface area contributed by atoms with Gasteiger partial charge in [-0.25, -0.2) is 4.90 Å². The molecule has 0 saturated carbocycles. The maximum atomic E-state index is 2.63. The van der Waals surface area contributed by atoms with Gasteiger partial charge in [-0.15, -0.1) is 0 Å². The molecule has 0 fully saturated rings. The molecule has 15 rings (SSSR count). The Morgan fingerprint density at radius 2 is 0.662 bits per heavy atom. The van der Waals surface area contributed by atoms with Crippen molar-refractivity contribution in [1.29, 1.82) is 0 Å². The maximum Gasteiger partial charge on any atom is 0.149 e. The molecule has 0 aliphatic heterocycles. The molecule has 1 nitrogen and oxygen atoms in total. The molecule has 74 heavy (non-hydrogen) atoms. The van der Waals surface area contributed by atoms with Crippen LogP contribution in [0.4, 0.5) is 17.1 Å². The predicted molar refractivity (Wildman–Crippen MR) is 310 cm³/mol. The Balaban J connectivity index is 1.08. The van der Waals surface area contributed by atoms with Gasteiger partial charge in [0.25, 0.3) is 0 Å². The largest absolute Gasteiger partial charge is 0.237 e. The molecule has 0 bridgehead atoms. The third kappa shape index (κ3) is 5.85. The summed E-state index contributed by atoms with van der Waals surface area (Å²) in [6.07, 6.45) is 0. The van der Waals surface area contributed by atoms with Gasteiger partial charge in [-0.3, -0.25) is 0 Å². The number of fused-ring (bicyclic) bond motifs is 15. The zero-order valence-corrected chi connectivity index (χ0v) is 42.2. The van der Waals surface area contributed by atoms with Gasteiger partial charge in [-0.05, 0) is 140 Å². The average molecular weight is 945 g/mol. The highest BCUT2D eigenvalue weighted by atomic mass is 15.1. The van der Waals surface area contributed by atoms with Crippen LogP contribution in [0.1, 0.15) is 72.2 Å². The van der Waals surface area contributed by atoms with E-state index in [1.165, 1.54) is 143 Å². The molecule has 350 valence electrons. The fourth-order valence-corrected chi connectivity index (χ4v) is 14.2. The number of rotatable bonds is 6. The number of hydrogen-bond donors (Lipinski definition) is 1. The lowest BCUT2D eigenvalue weighted by atomic mass is 9.67. The molecule has 3 aliphatic rings. The number of hydrogen-bond acceptors (Lipinski definition) is 0. The van der Waals surface area contributed by atoms with Gasteiger partial charge in [0.2, 0.25) is 0 Å². The van der Waals surface area contributed by atoms with E-state index in [1.54, 1.807) is 0 Å². The van der Waals surface area contributed by atoms with Crippen molar-refractivity contribution in [3.8, 4) is 44.5 Å². The van der Waals surface area contributed by atoms with Crippen molar-refractivity contribution in [2.75, 3.05) is 0 Å². The maximum absolute atomic E-state index is 2.63. The Labute approximate surface area is 433 Å². The van der Waals surface area contributed by atoms with Crippen LogP contribution in [0.5, 0.6) is 0 Å². The van der Waals surface area contributed by atoms with E-state index in [-0.39, 0.29) is 10.8 Å². The number of nitrogens with one attached hydrogen (secondary N) is 1. The summed E-state index contributed by atoms with van der Waals surface area (Å²) < 4.78 is 0. The zero-order chi connectivity index (χ0) is 49.5. The van der Waals surface area contributed by atoms with E-state index >= 15 is 0 Å². The second kappa shape index (κ2) is 15.7. The topological polar surface area (TPSA) is 4.44 Å². The first-order valence-corrected chi connectivity index (χ1v) is 26.3. The Kier molecular flexibility index (Phi) is 9.12. The first-order chi connectivity index (χ1) is 36.2. The SMILES string of the molecule is CC1(C)c2ccccc2-c2ccc([NH+](c3ccc4c(c3)C(C)(C)c3ccccc3-4)c3cc4c(cc3-c3ccc5c6ccccc6c6ccccc6c5c3)-c3ccccc3C4(c3ccccc3)c3ccccc3)cc21. The molecular weight excluding hydrogens is 891 g/mol. The smallest absolute Gasteiger partial charge is 0.149 e. The van der Waals surface area contributed by atoms with Gasteiger partial charge in [0.1, 0.15) is 17.1 Å². The van der Waals surface area contributed by atoms with Crippen LogP contribution in [-0.2, 0) is 16.2 Å². The average Bonchev–Trinajstić information content (AvgIpc) is 4.04. The number of benzene rings is 12. The summed E-state index contributed by atoms with van der Waals surface area (Å²) in [6, 6.07) is 95.0. The van der Waals surface area contributed by atoms with Crippen molar-refractivity contribution >= 4 is 49.4 Å². The minimum atomic E-state index is -0.589. The molecule has 0 atom stereocenters. The fraction of sp³-hybridized carbons (Fsp3) is 0.0959. The van der Waals surface area contributed by atoms with Crippen LogP contribution < -0.4 is 4.90 Å². The lowest BCUT2D eigenvalue weighted by molar-refractivity contribution is -0.680. The van der Waals surface area contributed by atoms with Crippen LogP contribution in [0.2, 0.25) is 0 Å². The van der Waals surface area contributed by atoms with Crippen LogP contribution in [0.25, 0.3) is 76.8 Å². The molecule has 0 saturated heterocycles. The van der Waals surface area contributed by atoms with Crippen molar-refractivity contribution in [3.63, 3.8) is 0 Å². The van der Waals surface area contributed by atoms with Crippen molar-refractivity contribution in [2.45, 2.75) is 43.9 Å². The van der Waals surface area contributed by atoms with E-state index in [4.69, 9.17) is 0 Å². The zero-order valence-electron chi connectivity index (χ0n) is 42.2. The molecular formula is C73H54N+. The third-order valence-electron chi connectivity index (χ3n) is 17.7. The van der Waals surface area contributed by atoms with Gasteiger partial charge in [0.15, 0.2) is 0 Å². The summed E-state index contributed by atoms with van der Waals surface area (Å²) in [5.74, 6) is 0. The van der Waals surface area contributed by atoms with Crippen LogP contribution in [0.15, 0.2) is 249 Å². The van der Waals surface area contributed by atoms with E-state index in [0.29, 0.717) is 0 Å². The summed E-state index contributed by atoms with van der Waals surface area (Å²) in [7, 11) is 0. The Hall–Kier alpha value is -8.62. The molecule has 0 radical (unpaired) electrons. The summed E-state index contributed by atoms with van der Waals surface area (Å²) in [5.41, 5.74) is 23.6. The summed E-state index contributed by atoms with van der Waals surface area (Å²) in [5, 5.41) is 7.66. The molecule has 12 aromatic carbocycles. The molecule has 12 aromatic rings. The first kappa shape index (κ1) is 43.0. The van der Waals surface area contributed by atoms with E-state index in [9.17, 15) is 0 Å². The number of quaternary nitrogens is 1. The van der Waals surface area contributed by atoms with Crippen molar-refractivity contribution in [2.24, 2.45) is 0 Å². The molecule has 1 N–H and O–H groups in total. The summed E-state index contributed by atoms with van der Waals surface area (Å²) in [4.78, 5) is 1.24. The van der Waals surface area contributed by atoms with Gasteiger partial charge in [0.05, 0.1) is 5.41 Å². The van der Waals surface area contributed by atoms with Gasteiger partial charge in [-0.2, -0.15) is 0 Å². The Morgan fingerprint density at radius 1 is 0.257 bits per heavy atom. The third-order valence-corrected chi connectivity index (χ3v) is 17.7. The van der Waals surface area contributed by atoms with E-state index in [1.807, 2.05) is 0 Å².